The van der Waals surface area contributed by atoms with Crippen molar-refractivity contribution in [2.45, 2.75) is 20.1 Å². The molecule has 0 radical (unpaired) electrons. The van der Waals surface area contributed by atoms with Crippen molar-refractivity contribution < 1.29 is 14.1 Å². The molecule has 4 rings (SSSR count). The van der Waals surface area contributed by atoms with Crippen LogP contribution in [0.15, 0.2) is 47.0 Å². The summed E-state index contributed by atoms with van der Waals surface area (Å²) in [7, 11) is 0. The zero-order valence-corrected chi connectivity index (χ0v) is 19.8. The van der Waals surface area contributed by atoms with Gasteiger partial charge in [-0.3, -0.25) is 9.69 Å². The van der Waals surface area contributed by atoms with Crippen molar-refractivity contribution in [2.24, 2.45) is 0 Å². The Labute approximate surface area is 201 Å². The molecule has 1 saturated heterocycles. The molecule has 0 bridgehead atoms. The van der Waals surface area contributed by atoms with Crippen LogP contribution in [0, 0.1) is 6.92 Å². The molecule has 9 heteroatoms. The number of aromatic nitrogens is 1. The monoisotopic (exact) mass is 493 g/mol. The molecule has 1 fully saturated rings. The highest BCUT2D eigenvalue weighted by atomic mass is 35.5. The highest BCUT2D eigenvalue weighted by Crippen LogP contribution is 2.26. The highest BCUT2D eigenvalue weighted by Gasteiger charge is 2.28. The predicted molar refractivity (Wildman–Crippen MR) is 125 cm³/mol. The van der Waals surface area contributed by atoms with Crippen LogP contribution in [-0.4, -0.2) is 47.0 Å². The molecule has 6 nitrogen and oxygen atoms in total. The van der Waals surface area contributed by atoms with Crippen molar-refractivity contribution in [1.29, 1.82) is 0 Å². The Balaban J connectivity index is 1.38. The first-order valence-electron chi connectivity index (χ1n) is 10.2. The van der Waals surface area contributed by atoms with Gasteiger partial charge in [0.2, 0.25) is 0 Å². The summed E-state index contributed by atoms with van der Waals surface area (Å²) in [6.45, 7) is 5.13. The van der Waals surface area contributed by atoms with Gasteiger partial charge in [0.1, 0.15) is 18.1 Å². The van der Waals surface area contributed by atoms with E-state index in [0.717, 1.165) is 5.56 Å². The van der Waals surface area contributed by atoms with E-state index in [2.05, 4.69) is 10.1 Å². The van der Waals surface area contributed by atoms with Gasteiger partial charge in [0, 0.05) is 53.4 Å². The normalized spacial score (nSPS) is 14.6. The van der Waals surface area contributed by atoms with Gasteiger partial charge in [-0.15, -0.1) is 0 Å². The number of carbonyl (C=O) groups is 1. The Morgan fingerprint density at radius 3 is 2.41 bits per heavy atom. The van der Waals surface area contributed by atoms with Gasteiger partial charge in [-0.25, -0.2) is 0 Å². The van der Waals surface area contributed by atoms with E-state index in [4.69, 9.17) is 44.1 Å². The molecule has 2 heterocycles. The molecule has 0 spiro atoms. The molecule has 0 atom stereocenters. The molecular weight excluding hydrogens is 473 g/mol. The fourth-order valence-electron chi connectivity index (χ4n) is 3.61. The van der Waals surface area contributed by atoms with Gasteiger partial charge in [0.15, 0.2) is 5.69 Å². The molecule has 0 unspecified atom stereocenters. The largest absolute Gasteiger partial charge is 0.489 e. The second-order valence-corrected chi connectivity index (χ2v) is 8.83. The molecule has 0 saturated carbocycles. The molecule has 32 heavy (non-hydrogen) atoms. The summed E-state index contributed by atoms with van der Waals surface area (Å²) in [4.78, 5) is 17.2. The van der Waals surface area contributed by atoms with Gasteiger partial charge in [-0.1, -0.05) is 52.1 Å². The average molecular weight is 495 g/mol. The smallest absolute Gasteiger partial charge is 0.276 e. The van der Waals surface area contributed by atoms with Crippen molar-refractivity contribution >= 4 is 40.7 Å². The lowest BCUT2D eigenvalue weighted by Gasteiger charge is -2.34. The lowest BCUT2D eigenvalue weighted by molar-refractivity contribution is 0.0616. The predicted octanol–water partition coefficient (Wildman–Crippen LogP) is 5.48. The van der Waals surface area contributed by atoms with E-state index in [1.165, 1.54) is 0 Å². The van der Waals surface area contributed by atoms with Crippen LogP contribution in [0.3, 0.4) is 0 Å². The van der Waals surface area contributed by atoms with Gasteiger partial charge in [-0.05, 0) is 37.3 Å². The number of ether oxygens (including phenoxy) is 1. The summed E-state index contributed by atoms with van der Waals surface area (Å²) >= 11 is 18.6. The van der Waals surface area contributed by atoms with Crippen LogP contribution in [0.25, 0.3) is 0 Å². The van der Waals surface area contributed by atoms with Crippen LogP contribution in [-0.2, 0) is 13.2 Å². The van der Waals surface area contributed by atoms with E-state index in [9.17, 15) is 4.79 Å². The summed E-state index contributed by atoms with van der Waals surface area (Å²) in [5.41, 5.74) is 1.83. The van der Waals surface area contributed by atoms with Gasteiger partial charge in [0.25, 0.3) is 5.91 Å². The van der Waals surface area contributed by atoms with Crippen LogP contribution < -0.4 is 4.74 Å². The first kappa shape index (κ1) is 22.9. The van der Waals surface area contributed by atoms with E-state index in [1.807, 2.05) is 18.2 Å². The zero-order chi connectivity index (χ0) is 22.7. The minimum absolute atomic E-state index is 0.165. The summed E-state index contributed by atoms with van der Waals surface area (Å²) < 4.78 is 11.1. The molecule has 0 N–H and O–H groups in total. The number of rotatable bonds is 6. The second-order valence-electron chi connectivity index (χ2n) is 7.58. The van der Waals surface area contributed by atoms with Crippen molar-refractivity contribution in [3.63, 3.8) is 0 Å². The van der Waals surface area contributed by atoms with E-state index in [0.29, 0.717) is 64.9 Å². The molecule has 168 valence electrons. The highest BCUT2D eigenvalue weighted by molar-refractivity contribution is 6.36. The number of nitrogens with zero attached hydrogens (tertiary/aromatic N) is 3. The third-order valence-corrected chi connectivity index (χ3v) is 6.41. The molecule has 1 aliphatic rings. The topological polar surface area (TPSA) is 58.8 Å². The first-order chi connectivity index (χ1) is 15.4. The molecule has 1 aromatic heterocycles. The van der Waals surface area contributed by atoms with Crippen LogP contribution in [0.2, 0.25) is 15.1 Å². The summed E-state index contributed by atoms with van der Waals surface area (Å²) in [6.07, 6.45) is 0. The Hall–Kier alpha value is -2.25. The lowest BCUT2D eigenvalue weighted by Crippen LogP contribution is -2.48. The lowest BCUT2D eigenvalue weighted by atomic mass is 10.1. The minimum Gasteiger partial charge on any atom is -0.489 e. The quantitative estimate of drug-likeness (QED) is 0.454. The minimum atomic E-state index is -0.165. The van der Waals surface area contributed by atoms with Crippen molar-refractivity contribution in [1.82, 2.24) is 15.0 Å². The molecule has 1 aliphatic heterocycles. The number of hydrogen-bond acceptors (Lipinski definition) is 5. The fourth-order valence-corrected chi connectivity index (χ4v) is 4.30. The van der Waals surface area contributed by atoms with E-state index in [-0.39, 0.29) is 18.2 Å². The van der Waals surface area contributed by atoms with E-state index in [1.54, 1.807) is 36.1 Å². The third kappa shape index (κ3) is 5.21. The number of aryl methyl sites for hydroxylation is 1. The number of benzene rings is 2. The van der Waals surface area contributed by atoms with E-state index >= 15 is 0 Å². The van der Waals surface area contributed by atoms with E-state index < -0.39 is 0 Å². The maximum atomic E-state index is 13.1. The Morgan fingerprint density at radius 1 is 1.03 bits per heavy atom. The Bertz CT molecular complexity index is 1090. The van der Waals surface area contributed by atoms with Gasteiger partial charge < -0.3 is 14.2 Å². The van der Waals surface area contributed by atoms with Crippen molar-refractivity contribution in [3.8, 4) is 5.75 Å². The molecule has 1 amide bonds. The first-order valence-corrected chi connectivity index (χ1v) is 11.3. The molecule has 3 aromatic rings. The van der Waals surface area contributed by atoms with Crippen molar-refractivity contribution in [3.05, 3.63) is 80.1 Å². The third-order valence-electron chi connectivity index (χ3n) is 5.47. The number of halogens is 3. The summed E-state index contributed by atoms with van der Waals surface area (Å²) in [6, 6.07) is 12.6. The molecular formula is C23H22Cl3N3O3. The number of amides is 1. The van der Waals surface area contributed by atoms with Gasteiger partial charge >= 0.3 is 0 Å². The second kappa shape index (κ2) is 10.1. The number of hydrogen-bond donors (Lipinski definition) is 0. The van der Waals surface area contributed by atoms with Crippen LogP contribution in [0.5, 0.6) is 5.75 Å². The standard InChI is InChI=1S/C23H22Cl3N3O3/c1-15-19(14-31-17-5-2-4-16(24)12-17)22(27-32-15)23(30)29-10-8-28(9-11-29)13-18-20(25)6-3-7-21(18)26/h2-7,12H,8-11,13-14H2,1H3. The molecule has 2 aromatic carbocycles. The van der Waals surface area contributed by atoms with Crippen LogP contribution in [0.1, 0.15) is 27.4 Å². The fraction of sp³-hybridized carbons (Fsp3) is 0.304. The zero-order valence-electron chi connectivity index (χ0n) is 17.5. The van der Waals surface area contributed by atoms with Crippen LogP contribution in [0.4, 0.5) is 0 Å². The maximum Gasteiger partial charge on any atom is 0.276 e. The van der Waals surface area contributed by atoms with Gasteiger partial charge in [0.05, 0.1) is 5.56 Å². The van der Waals surface area contributed by atoms with Crippen molar-refractivity contribution in [2.75, 3.05) is 26.2 Å². The maximum absolute atomic E-state index is 13.1. The average Bonchev–Trinajstić information content (AvgIpc) is 3.15. The van der Waals surface area contributed by atoms with Crippen LogP contribution >= 0.6 is 34.8 Å². The number of carbonyl (C=O) groups excluding carboxylic acids is 1. The Morgan fingerprint density at radius 2 is 1.72 bits per heavy atom. The number of piperazine rings is 1. The molecule has 0 aliphatic carbocycles. The SMILES string of the molecule is Cc1onc(C(=O)N2CCN(Cc3c(Cl)cccc3Cl)CC2)c1COc1cccc(Cl)c1. The van der Waals surface area contributed by atoms with Gasteiger partial charge in [-0.2, -0.15) is 0 Å². The summed E-state index contributed by atoms with van der Waals surface area (Å²) in [5.74, 6) is 1.01. The Kier molecular flexibility index (Phi) is 7.26. The summed E-state index contributed by atoms with van der Waals surface area (Å²) in [5, 5.41) is 5.89.